The molecule has 33 heavy (non-hydrogen) atoms. The number of likely N-dealkylation sites (tertiary alicyclic amines) is 1. The van der Waals surface area contributed by atoms with Crippen molar-refractivity contribution in [3.8, 4) is 0 Å². The number of hydrogen-bond acceptors (Lipinski definition) is 5. The number of benzene rings is 1. The fourth-order valence-corrected chi connectivity index (χ4v) is 3.71. The van der Waals surface area contributed by atoms with E-state index < -0.39 is 52.6 Å². The lowest BCUT2D eigenvalue weighted by molar-refractivity contribution is -0.137. The van der Waals surface area contributed by atoms with Gasteiger partial charge in [-0.25, -0.2) is 13.6 Å². The molecule has 1 aromatic heterocycles. The van der Waals surface area contributed by atoms with Crippen LogP contribution in [0.3, 0.4) is 0 Å². The topological polar surface area (TPSA) is 94.9 Å². The minimum Gasteiger partial charge on any atom is -0.394 e. The molecule has 0 saturated carbocycles. The first-order valence-electron chi connectivity index (χ1n) is 9.69. The number of aliphatic hydroxyl groups is 1. The average Bonchev–Trinajstić information content (AvgIpc) is 2.75. The van der Waals surface area contributed by atoms with E-state index in [1.54, 1.807) is 0 Å². The number of anilines is 1. The summed E-state index contributed by atoms with van der Waals surface area (Å²) in [5, 5.41) is 13.5. The van der Waals surface area contributed by atoms with Crippen LogP contribution in [-0.2, 0) is 11.8 Å². The summed E-state index contributed by atoms with van der Waals surface area (Å²) in [7, 11) is 0. The second kappa shape index (κ2) is 9.56. The monoisotopic (exact) mass is 492 g/mol. The van der Waals surface area contributed by atoms with Crippen molar-refractivity contribution in [2.45, 2.75) is 30.7 Å². The minimum absolute atomic E-state index is 0.00430. The number of nitrogens with one attached hydrogen (secondary N) is 1. The molecule has 1 atom stereocenters. The highest BCUT2D eigenvalue weighted by Gasteiger charge is 2.41. The maximum absolute atomic E-state index is 15.4. The van der Waals surface area contributed by atoms with Gasteiger partial charge in [-0.3, -0.25) is 4.98 Å². The third kappa shape index (κ3) is 5.38. The predicted octanol–water partition coefficient (Wildman–Crippen LogP) is 5.19. The van der Waals surface area contributed by atoms with Crippen LogP contribution >= 0.6 is 11.6 Å². The summed E-state index contributed by atoms with van der Waals surface area (Å²) in [6.07, 6.45) is -4.27. The van der Waals surface area contributed by atoms with E-state index in [1.165, 1.54) is 11.0 Å². The molecule has 2 heterocycles. The van der Waals surface area contributed by atoms with Crippen molar-refractivity contribution in [3.63, 3.8) is 0 Å². The molecule has 1 fully saturated rings. The number of halogens is 6. The summed E-state index contributed by atoms with van der Waals surface area (Å²) in [5.74, 6) is -1.02. The zero-order chi connectivity index (χ0) is 24.4. The lowest BCUT2D eigenvalue weighted by Gasteiger charge is -2.36. The number of amides is 2. The van der Waals surface area contributed by atoms with E-state index in [0.717, 1.165) is 18.3 Å². The van der Waals surface area contributed by atoms with E-state index in [9.17, 15) is 27.3 Å². The normalized spacial score (nSPS) is 16.9. The number of pyridine rings is 1. The number of carbonyl (C=O) groups excluding carboxylic acids is 1. The highest BCUT2D eigenvalue weighted by Crippen LogP contribution is 2.39. The Hall–Kier alpha value is -2.86. The Kier molecular flexibility index (Phi) is 7.17. The number of piperidine rings is 1. The molecule has 0 bridgehead atoms. The number of nitrogens with zero attached hydrogens (tertiary/aromatic N) is 3. The molecule has 178 valence electrons. The van der Waals surface area contributed by atoms with Gasteiger partial charge < -0.3 is 15.3 Å². The lowest BCUT2D eigenvalue weighted by atomic mass is 9.89. The van der Waals surface area contributed by atoms with Crippen LogP contribution in [0.1, 0.15) is 35.7 Å². The van der Waals surface area contributed by atoms with Crippen LogP contribution in [0.25, 0.3) is 0 Å². The van der Waals surface area contributed by atoms with Crippen molar-refractivity contribution in [2.24, 2.45) is 5.18 Å². The molecule has 2 N–H and O–H groups in total. The number of hydrogen-bond donors (Lipinski definition) is 2. The number of rotatable bonds is 5. The highest BCUT2D eigenvalue weighted by molar-refractivity contribution is 6.31. The molecule has 2 amide bonds. The molecule has 13 heteroatoms. The molecule has 3 rings (SSSR count). The average molecular weight is 493 g/mol. The molecule has 1 aliphatic heterocycles. The molecule has 2 aromatic rings. The largest absolute Gasteiger partial charge is 0.417 e. The molecule has 0 radical (unpaired) electrons. The Balaban J connectivity index is 1.68. The number of aliphatic hydroxyl groups excluding tert-OH is 1. The summed E-state index contributed by atoms with van der Waals surface area (Å²) in [6, 6.07) is 1.80. The van der Waals surface area contributed by atoms with Gasteiger partial charge in [0.05, 0.1) is 17.2 Å². The SMILES string of the molecule is O=N[C@H](CO)c1cnc(C2(F)CCN(C(=O)Nc3ccc(Cl)c(C(F)(F)F)c3)CC2)c(F)c1. The van der Waals surface area contributed by atoms with Crippen molar-refractivity contribution in [1.29, 1.82) is 0 Å². The first-order valence-corrected chi connectivity index (χ1v) is 10.1. The van der Waals surface area contributed by atoms with E-state index >= 15 is 4.39 Å². The minimum atomic E-state index is -4.71. The standard InChI is InChI=1S/C20H18ClF5N4O3/c21-14-2-1-12(8-13(14)20(24,25)26)28-18(32)30-5-3-19(23,4-6-30)17-15(22)7-11(9-27-17)16(10-31)29-33/h1-2,7-9,16,31H,3-6,10H2,(H,28,32)/t16-/m1/s1. The molecule has 1 saturated heterocycles. The third-order valence-electron chi connectivity index (χ3n) is 5.34. The van der Waals surface area contributed by atoms with Crippen LogP contribution in [0.4, 0.5) is 32.4 Å². The van der Waals surface area contributed by atoms with Crippen LogP contribution in [0.5, 0.6) is 0 Å². The van der Waals surface area contributed by atoms with Gasteiger partial charge in [-0.1, -0.05) is 16.8 Å². The van der Waals surface area contributed by atoms with Gasteiger partial charge in [-0.15, -0.1) is 0 Å². The second-order valence-corrected chi connectivity index (χ2v) is 7.88. The third-order valence-corrected chi connectivity index (χ3v) is 5.67. The number of aromatic nitrogens is 1. The molecule has 0 spiro atoms. The fourth-order valence-electron chi connectivity index (χ4n) is 3.49. The lowest BCUT2D eigenvalue weighted by Crippen LogP contribution is -2.45. The van der Waals surface area contributed by atoms with Gasteiger partial charge in [0.1, 0.15) is 17.6 Å². The molecule has 0 aliphatic carbocycles. The molecule has 7 nitrogen and oxygen atoms in total. The van der Waals surface area contributed by atoms with Crippen LogP contribution in [0.2, 0.25) is 5.02 Å². The van der Waals surface area contributed by atoms with E-state index in [1.807, 2.05) is 0 Å². The summed E-state index contributed by atoms with van der Waals surface area (Å²) >= 11 is 5.56. The summed E-state index contributed by atoms with van der Waals surface area (Å²) in [4.78, 5) is 28.1. The molecule has 0 unspecified atom stereocenters. The Morgan fingerprint density at radius 3 is 2.52 bits per heavy atom. The quantitative estimate of drug-likeness (QED) is 0.444. The second-order valence-electron chi connectivity index (χ2n) is 7.48. The van der Waals surface area contributed by atoms with Crippen molar-refractivity contribution >= 4 is 23.3 Å². The summed E-state index contributed by atoms with van der Waals surface area (Å²) in [6.45, 7) is -0.965. The van der Waals surface area contributed by atoms with Crippen LogP contribution in [0.15, 0.2) is 35.6 Å². The van der Waals surface area contributed by atoms with Gasteiger partial charge in [-0.2, -0.15) is 18.1 Å². The maximum Gasteiger partial charge on any atom is 0.417 e. The Labute approximate surface area is 189 Å². The molecule has 1 aromatic carbocycles. The number of urea groups is 1. The first-order chi connectivity index (χ1) is 15.5. The van der Waals surface area contributed by atoms with Crippen LogP contribution in [-0.4, -0.2) is 40.7 Å². The van der Waals surface area contributed by atoms with Gasteiger partial charge >= 0.3 is 12.2 Å². The van der Waals surface area contributed by atoms with Crippen molar-refractivity contribution < 1.29 is 31.9 Å². The number of nitroso groups, excluding NO2 is 1. The van der Waals surface area contributed by atoms with E-state index in [0.29, 0.717) is 6.07 Å². The zero-order valence-electron chi connectivity index (χ0n) is 16.9. The van der Waals surface area contributed by atoms with Gasteiger partial charge in [0, 0.05) is 43.4 Å². The summed E-state index contributed by atoms with van der Waals surface area (Å²) < 4.78 is 68.9. The predicted molar refractivity (Wildman–Crippen MR) is 109 cm³/mol. The zero-order valence-corrected chi connectivity index (χ0v) is 17.6. The molecule has 1 aliphatic rings. The van der Waals surface area contributed by atoms with Crippen molar-refractivity contribution in [2.75, 3.05) is 25.0 Å². The van der Waals surface area contributed by atoms with E-state index in [2.05, 4.69) is 15.5 Å². The van der Waals surface area contributed by atoms with Crippen LogP contribution < -0.4 is 5.32 Å². The van der Waals surface area contributed by atoms with Gasteiger partial charge in [0.25, 0.3) is 0 Å². The Morgan fingerprint density at radius 2 is 1.97 bits per heavy atom. The van der Waals surface area contributed by atoms with Crippen molar-refractivity contribution in [1.82, 2.24) is 9.88 Å². The Bertz CT molecular complexity index is 1040. The number of alkyl halides is 4. The molecular formula is C20H18ClF5N4O3. The van der Waals surface area contributed by atoms with Crippen LogP contribution in [0, 0.1) is 10.7 Å². The van der Waals surface area contributed by atoms with E-state index in [-0.39, 0.29) is 37.2 Å². The highest BCUT2D eigenvalue weighted by atomic mass is 35.5. The smallest absolute Gasteiger partial charge is 0.394 e. The number of carbonyl (C=O) groups is 1. The van der Waals surface area contributed by atoms with Crippen molar-refractivity contribution in [3.05, 3.63) is 63.0 Å². The maximum atomic E-state index is 15.4. The van der Waals surface area contributed by atoms with E-state index in [4.69, 9.17) is 16.7 Å². The summed E-state index contributed by atoms with van der Waals surface area (Å²) in [5.41, 5.74) is -3.95. The first kappa shape index (κ1) is 24.8. The van der Waals surface area contributed by atoms with Gasteiger partial charge in [-0.05, 0) is 24.3 Å². The Morgan fingerprint density at radius 1 is 1.30 bits per heavy atom. The molecular weight excluding hydrogens is 475 g/mol. The van der Waals surface area contributed by atoms with Gasteiger partial charge in [0.15, 0.2) is 5.67 Å². The van der Waals surface area contributed by atoms with Gasteiger partial charge in [0.2, 0.25) is 0 Å². The fraction of sp³-hybridized carbons (Fsp3) is 0.400.